The summed E-state index contributed by atoms with van der Waals surface area (Å²) >= 11 is 0. The van der Waals surface area contributed by atoms with Crippen molar-refractivity contribution in [3.8, 4) is 0 Å². The van der Waals surface area contributed by atoms with Crippen LogP contribution in [0.15, 0.2) is 12.2 Å². The third kappa shape index (κ3) is 16.1. The minimum atomic E-state index is -1.36. The molecule has 0 saturated heterocycles. The summed E-state index contributed by atoms with van der Waals surface area (Å²) in [5, 5.41) is 21.0. The van der Waals surface area contributed by atoms with Crippen LogP contribution in [-0.4, -0.2) is 49.7 Å². The fourth-order valence-corrected chi connectivity index (χ4v) is 2.07. The first-order valence-corrected chi connectivity index (χ1v) is 7.65. The summed E-state index contributed by atoms with van der Waals surface area (Å²) in [4.78, 5) is 21.0. The van der Waals surface area contributed by atoms with Crippen LogP contribution in [0.25, 0.3) is 0 Å². The van der Waals surface area contributed by atoms with Crippen LogP contribution in [0.5, 0.6) is 0 Å². The molecule has 0 aromatic heterocycles. The van der Waals surface area contributed by atoms with E-state index in [0.717, 1.165) is 19.3 Å². The Labute approximate surface area is 158 Å². The average molecular weight is 322 g/mol. The molecule has 0 radical (unpaired) electrons. The predicted molar refractivity (Wildman–Crippen MR) is 80.2 cm³/mol. The molecule has 5 heteroatoms. The Morgan fingerprint density at radius 1 is 0.952 bits per heavy atom. The fraction of sp³-hybridized carbons (Fsp3) is 0.750. The zero-order valence-corrected chi connectivity index (χ0v) is 15.4. The molecule has 0 fully saturated rings. The summed E-state index contributed by atoms with van der Waals surface area (Å²) in [6, 6.07) is 0. The topological polar surface area (TPSA) is 80.3 Å². The molecule has 0 rings (SSSR count). The van der Waals surface area contributed by atoms with E-state index in [2.05, 4.69) is 6.92 Å². The second-order valence-corrected chi connectivity index (χ2v) is 5.19. The molecular weight excluding hydrogens is 296 g/mol. The van der Waals surface area contributed by atoms with Crippen molar-refractivity contribution in [2.75, 3.05) is 0 Å². The van der Waals surface area contributed by atoms with Crippen molar-refractivity contribution in [3.63, 3.8) is 0 Å². The van der Waals surface area contributed by atoms with Crippen LogP contribution in [-0.2, 0) is 9.59 Å². The summed E-state index contributed by atoms with van der Waals surface area (Å²) in [7, 11) is 0. The minimum absolute atomic E-state index is 0. The normalized spacial score (nSPS) is 12.0. The molecular formula is C16H26CaO4. The second-order valence-electron chi connectivity index (χ2n) is 5.19. The molecule has 0 aromatic carbocycles. The number of unbranched alkanes of at least 4 members (excludes halogenated alkanes) is 8. The monoisotopic (exact) mass is 322 g/mol. The van der Waals surface area contributed by atoms with Gasteiger partial charge < -0.3 is 19.8 Å². The van der Waals surface area contributed by atoms with Crippen LogP contribution in [0.1, 0.15) is 71.1 Å². The molecule has 0 amide bonds. The van der Waals surface area contributed by atoms with Gasteiger partial charge in [-0.05, 0) is 19.3 Å². The van der Waals surface area contributed by atoms with Crippen LogP contribution in [0.2, 0.25) is 0 Å². The maximum Gasteiger partial charge on any atom is 2.00 e. The minimum Gasteiger partial charge on any atom is -0.550 e. The van der Waals surface area contributed by atoms with Crippen LogP contribution in [0.3, 0.4) is 0 Å². The van der Waals surface area contributed by atoms with Gasteiger partial charge in [0.15, 0.2) is 0 Å². The van der Waals surface area contributed by atoms with Crippen molar-refractivity contribution < 1.29 is 19.8 Å². The van der Waals surface area contributed by atoms with Gasteiger partial charge in [0.2, 0.25) is 0 Å². The summed E-state index contributed by atoms with van der Waals surface area (Å²) in [6.45, 7) is 2.20. The molecule has 0 aromatic rings. The number of rotatable bonds is 13. The molecule has 0 aliphatic heterocycles. The van der Waals surface area contributed by atoms with Gasteiger partial charge in [-0.1, -0.05) is 64.0 Å². The number of allylic oxidation sites excluding steroid dienone is 1. The molecule has 0 N–H and O–H groups in total. The number of hydrogen-bond donors (Lipinski definition) is 0. The van der Waals surface area contributed by atoms with Gasteiger partial charge in [-0.3, -0.25) is 0 Å². The van der Waals surface area contributed by atoms with Crippen molar-refractivity contribution >= 4 is 49.7 Å². The van der Waals surface area contributed by atoms with E-state index in [9.17, 15) is 19.8 Å². The first-order chi connectivity index (χ1) is 9.57. The van der Waals surface area contributed by atoms with Crippen molar-refractivity contribution in [2.45, 2.75) is 71.1 Å². The number of aliphatic carboxylic acids is 2. The SMILES string of the molecule is CCCCCCCCCC/C=C/C(CC(=O)[O-])C(=O)[O-].[Ca+2]. The molecule has 4 nitrogen and oxygen atoms in total. The maximum absolute atomic E-state index is 10.7. The van der Waals surface area contributed by atoms with Gasteiger partial charge >= 0.3 is 37.7 Å². The Hall–Kier alpha value is -0.0603. The van der Waals surface area contributed by atoms with E-state index in [1.54, 1.807) is 6.08 Å². The molecule has 116 valence electrons. The average Bonchev–Trinajstić information content (AvgIpc) is 2.39. The Balaban J connectivity index is 0. The molecule has 0 bridgehead atoms. The molecule has 0 aliphatic carbocycles. The van der Waals surface area contributed by atoms with Gasteiger partial charge in [-0.25, -0.2) is 0 Å². The third-order valence-electron chi connectivity index (χ3n) is 3.28. The number of hydrogen-bond acceptors (Lipinski definition) is 4. The van der Waals surface area contributed by atoms with Gasteiger partial charge in [-0.15, -0.1) is 0 Å². The zero-order valence-electron chi connectivity index (χ0n) is 13.1. The summed E-state index contributed by atoms with van der Waals surface area (Å²) in [5.74, 6) is -3.80. The van der Waals surface area contributed by atoms with Crippen molar-refractivity contribution in [2.24, 2.45) is 5.92 Å². The Kier molecular flexibility index (Phi) is 18.0. The van der Waals surface area contributed by atoms with Gasteiger partial charge in [0.05, 0.1) is 0 Å². The smallest absolute Gasteiger partial charge is 0.550 e. The fourth-order valence-electron chi connectivity index (χ4n) is 2.07. The van der Waals surface area contributed by atoms with E-state index in [0.29, 0.717) is 0 Å². The van der Waals surface area contributed by atoms with Crippen molar-refractivity contribution in [1.29, 1.82) is 0 Å². The Morgan fingerprint density at radius 3 is 1.95 bits per heavy atom. The number of carboxylic acid groups (broad SMARTS) is 2. The first-order valence-electron chi connectivity index (χ1n) is 7.65. The Bertz CT molecular complexity index is 303. The summed E-state index contributed by atoms with van der Waals surface area (Å²) in [6.07, 6.45) is 13.2. The quantitative estimate of drug-likeness (QED) is 0.290. The van der Waals surface area contributed by atoms with E-state index in [1.807, 2.05) is 0 Å². The van der Waals surface area contributed by atoms with Gasteiger partial charge in [0.25, 0.3) is 0 Å². The number of carbonyl (C=O) groups excluding carboxylic acids is 2. The number of carbonyl (C=O) groups is 2. The third-order valence-corrected chi connectivity index (χ3v) is 3.28. The molecule has 1 atom stereocenters. The number of carboxylic acids is 2. The molecule has 21 heavy (non-hydrogen) atoms. The van der Waals surface area contributed by atoms with Crippen LogP contribution in [0.4, 0.5) is 0 Å². The van der Waals surface area contributed by atoms with Gasteiger partial charge in [-0.2, -0.15) is 0 Å². The van der Waals surface area contributed by atoms with E-state index < -0.39 is 24.3 Å². The zero-order chi connectivity index (χ0) is 15.2. The van der Waals surface area contributed by atoms with Crippen LogP contribution < -0.4 is 10.2 Å². The predicted octanol–water partition coefficient (Wildman–Crippen LogP) is 1.20. The standard InChI is InChI=1S/C16H28O4.Ca/c1-2-3-4-5-6-7-8-9-10-11-12-14(16(19)20)13-15(17)18;/h11-12,14H,2-10,13H2,1H3,(H,17,18)(H,19,20);/q;+2/p-2/b12-11+;. The van der Waals surface area contributed by atoms with E-state index in [-0.39, 0.29) is 37.7 Å². The van der Waals surface area contributed by atoms with Crippen LogP contribution in [0, 0.1) is 5.92 Å². The van der Waals surface area contributed by atoms with Gasteiger partial charge in [0, 0.05) is 17.9 Å². The molecule has 0 saturated carbocycles. The van der Waals surface area contributed by atoms with E-state index >= 15 is 0 Å². The first kappa shape index (κ1) is 23.2. The summed E-state index contributed by atoms with van der Waals surface area (Å²) in [5.41, 5.74) is 0. The molecule has 0 aliphatic rings. The van der Waals surface area contributed by atoms with Crippen molar-refractivity contribution in [3.05, 3.63) is 12.2 Å². The summed E-state index contributed by atoms with van der Waals surface area (Å²) < 4.78 is 0. The molecule has 1 unspecified atom stereocenters. The maximum atomic E-state index is 10.7. The van der Waals surface area contributed by atoms with Crippen molar-refractivity contribution in [1.82, 2.24) is 0 Å². The van der Waals surface area contributed by atoms with Gasteiger partial charge in [0.1, 0.15) is 0 Å². The van der Waals surface area contributed by atoms with Crippen LogP contribution >= 0.6 is 0 Å². The van der Waals surface area contributed by atoms with E-state index in [1.165, 1.54) is 44.6 Å². The Morgan fingerprint density at radius 2 is 1.48 bits per heavy atom. The second kappa shape index (κ2) is 16.3. The van der Waals surface area contributed by atoms with E-state index in [4.69, 9.17) is 0 Å². The molecule has 0 spiro atoms. The largest absolute Gasteiger partial charge is 2.00 e. The molecule has 0 heterocycles.